The fourth-order valence-electron chi connectivity index (χ4n) is 5.12. The minimum Gasteiger partial charge on any atom is -0.434 e. The first kappa shape index (κ1) is 26.8. The van der Waals surface area contributed by atoms with Gasteiger partial charge in [-0.15, -0.1) is 0 Å². The van der Waals surface area contributed by atoms with Gasteiger partial charge >= 0.3 is 6.16 Å². The van der Waals surface area contributed by atoms with Crippen molar-refractivity contribution in [3.63, 3.8) is 0 Å². The van der Waals surface area contributed by atoms with Crippen LogP contribution >= 0.6 is 34.8 Å². The molecule has 2 aromatic rings. The van der Waals surface area contributed by atoms with Gasteiger partial charge in [0, 0.05) is 23.8 Å². The minimum atomic E-state index is -0.982. The predicted molar refractivity (Wildman–Crippen MR) is 140 cm³/mol. The number of nitrogens with zero attached hydrogens (tertiary/aromatic N) is 2. The number of aryl methyl sites for hydroxylation is 2. The molecule has 0 aliphatic carbocycles. The number of hydrogen-bond acceptors (Lipinski definition) is 6. The lowest BCUT2D eigenvalue weighted by Gasteiger charge is -2.44. The third-order valence-corrected chi connectivity index (χ3v) is 7.62. The number of anilines is 1. The lowest BCUT2D eigenvalue weighted by atomic mass is 9.84. The van der Waals surface area contributed by atoms with Gasteiger partial charge in [0.2, 0.25) is 0 Å². The van der Waals surface area contributed by atoms with Crippen molar-refractivity contribution in [3.8, 4) is 0 Å². The van der Waals surface area contributed by atoms with Crippen LogP contribution in [0.3, 0.4) is 0 Å². The van der Waals surface area contributed by atoms with Gasteiger partial charge in [0.25, 0.3) is 5.91 Å². The Kier molecular flexibility index (Phi) is 7.88. The Balaban J connectivity index is 1.99. The molecular formula is C26H27Cl3N2O5. The van der Waals surface area contributed by atoms with Gasteiger partial charge in [-0.25, -0.2) is 4.79 Å². The van der Waals surface area contributed by atoms with E-state index in [-0.39, 0.29) is 18.3 Å². The Labute approximate surface area is 225 Å². The highest BCUT2D eigenvalue weighted by molar-refractivity contribution is 6.42. The van der Waals surface area contributed by atoms with E-state index in [0.717, 1.165) is 11.1 Å². The molecule has 0 atom stereocenters. The molecule has 2 aliphatic rings. The van der Waals surface area contributed by atoms with E-state index in [1.807, 2.05) is 18.9 Å². The molecule has 2 heterocycles. The van der Waals surface area contributed by atoms with E-state index in [1.54, 1.807) is 49.3 Å². The second kappa shape index (κ2) is 10.6. The summed E-state index contributed by atoms with van der Waals surface area (Å²) >= 11 is 18.8. The summed E-state index contributed by atoms with van der Waals surface area (Å²) in [6, 6.07) is 8.61. The smallest absolute Gasteiger partial charge is 0.434 e. The predicted octanol–water partition coefficient (Wildman–Crippen LogP) is 6.59. The highest BCUT2D eigenvalue weighted by Crippen LogP contribution is 2.50. The van der Waals surface area contributed by atoms with Gasteiger partial charge in [0.1, 0.15) is 5.54 Å². The summed E-state index contributed by atoms with van der Waals surface area (Å²) in [7, 11) is 1.60. The van der Waals surface area contributed by atoms with Gasteiger partial charge in [0.05, 0.1) is 29.3 Å². The summed E-state index contributed by atoms with van der Waals surface area (Å²) in [6.45, 7) is 6.58. The van der Waals surface area contributed by atoms with Gasteiger partial charge in [-0.3, -0.25) is 9.69 Å². The van der Waals surface area contributed by atoms with Crippen LogP contribution in [0.4, 0.5) is 10.5 Å². The van der Waals surface area contributed by atoms with Crippen LogP contribution in [0.1, 0.15) is 36.5 Å². The van der Waals surface area contributed by atoms with Crippen LogP contribution in [0.15, 0.2) is 36.1 Å². The number of piperidine rings is 1. The number of hydroxylamine groups is 2. The molecule has 1 amide bonds. The third kappa shape index (κ3) is 4.71. The number of benzene rings is 2. The summed E-state index contributed by atoms with van der Waals surface area (Å²) in [4.78, 5) is 34.1. The van der Waals surface area contributed by atoms with Crippen molar-refractivity contribution in [2.45, 2.75) is 39.2 Å². The van der Waals surface area contributed by atoms with E-state index in [0.29, 0.717) is 57.8 Å². The molecule has 4 rings (SSSR count). The van der Waals surface area contributed by atoms with Gasteiger partial charge in [-0.1, -0.05) is 34.8 Å². The van der Waals surface area contributed by atoms with Crippen molar-refractivity contribution >= 4 is 58.1 Å². The normalized spacial score (nSPS) is 17.8. The number of halogens is 3. The zero-order valence-corrected chi connectivity index (χ0v) is 22.8. The van der Waals surface area contributed by atoms with Gasteiger partial charge < -0.3 is 14.3 Å². The average Bonchev–Trinajstić information content (AvgIpc) is 3.03. The number of ether oxygens (including phenoxy) is 2. The van der Waals surface area contributed by atoms with Crippen LogP contribution in [0.2, 0.25) is 15.1 Å². The first-order chi connectivity index (χ1) is 17.1. The standard InChI is InChI=1S/C26H27Cl3N2O5/c1-5-35-25(33)36-23-22(21-15(2)12-17(27)13-16(21)3)24(32)31(18-6-7-19(28)20(29)14-18)26(23)8-10-30(34-4)11-9-26/h6-7,12-14H,5,8-11H2,1-4H3. The molecule has 0 N–H and O–H groups in total. The molecular weight excluding hydrogens is 527 g/mol. The van der Waals surface area contributed by atoms with E-state index >= 15 is 0 Å². The highest BCUT2D eigenvalue weighted by Gasteiger charge is 2.56. The molecule has 1 fully saturated rings. The van der Waals surface area contributed by atoms with Gasteiger partial charge in [0.15, 0.2) is 5.76 Å². The van der Waals surface area contributed by atoms with E-state index in [9.17, 15) is 9.59 Å². The summed E-state index contributed by atoms with van der Waals surface area (Å²) in [6.07, 6.45) is 0.0136. The van der Waals surface area contributed by atoms with E-state index in [1.165, 1.54) is 0 Å². The molecule has 2 aliphatic heterocycles. The second-order valence-electron chi connectivity index (χ2n) is 8.79. The first-order valence-corrected chi connectivity index (χ1v) is 12.7. The summed E-state index contributed by atoms with van der Waals surface area (Å²) in [5.74, 6) is -0.0617. The Morgan fingerprint density at radius 2 is 1.67 bits per heavy atom. The molecule has 1 spiro atoms. The van der Waals surface area contributed by atoms with Crippen molar-refractivity contribution in [1.29, 1.82) is 0 Å². The molecule has 1 saturated heterocycles. The zero-order chi connectivity index (χ0) is 26.2. The van der Waals surface area contributed by atoms with Crippen molar-refractivity contribution < 1.29 is 23.9 Å². The lowest BCUT2D eigenvalue weighted by Crippen LogP contribution is -2.55. The maximum atomic E-state index is 14.3. The molecule has 0 aromatic heterocycles. The van der Waals surface area contributed by atoms with Crippen LogP contribution in [-0.2, 0) is 19.1 Å². The van der Waals surface area contributed by atoms with Gasteiger partial charge in [-0.2, -0.15) is 5.06 Å². The molecule has 36 heavy (non-hydrogen) atoms. The van der Waals surface area contributed by atoms with Crippen LogP contribution in [0.5, 0.6) is 0 Å². The Morgan fingerprint density at radius 1 is 1.03 bits per heavy atom. The largest absolute Gasteiger partial charge is 0.513 e. The van der Waals surface area contributed by atoms with Crippen molar-refractivity contribution in [3.05, 3.63) is 67.8 Å². The fourth-order valence-corrected chi connectivity index (χ4v) is 5.74. The van der Waals surface area contributed by atoms with E-state index < -0.39 is 11.7 Å². The van der Waals surface area contributed by atoms with Gasteiger partial charge in [-0.05, 0) is 80.6 Å². The summed E-state index contributed by atoms with van der Waals surface area (Å²) in [5, 5.41) is 3.04. The monoisotopic (exact) mass is 552 g/mol. The molecule has 0 bridgehead atoms. The first-order valence-electron chi connectivity index (χ1n) is 11.6. The van der Waals surface area contributed by atoms with Crippen molar-refractivity contribution in [2.24, 2.45) is 0 Å². The van der Waals surface area contributed by atoms with Crippen LogP contribution in [0, 0.1) is 13.8 Å². The molecule has 0 saturated carbocycles. The number of amides is 1. The number of rotatable bonds is 5. The van der Waals surface area contributed by atoms with Crippen LogP contribution < -0.4 is 4.90 Å². The minimum absolute atomic E-state index is 0.134. The topological polar surface area (TPSA) is 68.3 Å². The number of carbonyl (C=O) groups excluding carboxylic acids is 2. The van der Waals surface area contributed by atoms with Crippen molar-refractivity contribution in [1.82, 2.24) is 5.06 Å². The Bertz CT molecular complexity index is 1220. The Hall–Kier alpha value is -2.29. The molecule has 7 nitrogen and oxygen atoms in total. The van der Waals surface area contributed by atoms with Crippen LogP contribution in [-0.4, -0.2) is 49.5 Å². The maximum absolute atomic E-state index is 14.3. The molecule has 192 valence electrons. The maximum Gasteiger partial charge on any atom is 0.513 e. The molecule has 0 radical (unpaired) electrons. The SMILES string of the molecule is CCOC(=O)OC1=C(c2c(C)cc(Cl)cc2C)C(=O)N(c2ccc(Cl)c(Cl)c2)C12CCN(OC)CC2. The molecule has 2 aromatic carbocycles. The quantitative estimate of drug-likeness (QED) is 0.389. The van der Waals surface area contributed by atoms with Crippen LogP contribution in [0.25, 0.3) is 5.57 Å². The van der Waals surface area contributed by atoms with Crippen molar-refractivity contribution in [2.75, 3.05) is 31.7 Å². The number of hydrogen-bond donors (Lipinski definition) is 0. The summed E-state index contributed by atoms with van der Waals surface area (Å²) in [5.41, 5.74) is 2.10. The van der Waals surface area contributed by atoms with E-state index in [4.69, 9.17) is 49.1 Å². The zero-order valence-electron chi connectivity index (χ0n) is 20.5. The highest BCUT2D eigenvalue weighted by atomic mass is 35.5. The number of carbonyl (C=O) groups is 2. The average molecular weight is 554 g/mol. The molecule has 0 unspecified atom stereocenters. The third-order valence-electron chi connectivity index (χ3n) is 6.66. The lowest BCUT2D eigenvalue weighted by molar-refractivity contribution is -0.150. The Morgan fingerprint density at radius 3 is 2.22 bits per heavy atom. The van der Waals surface area contributed by atoms with E-state index in [2.05, 4.69) is 0 Å². The fraction of sp³-hybridized carbons (Fsp3) is 0.385. The molecule has 10 heteroatoms. The summed E-state index contributed by atoms with van der Waals surface area (Å²) < 4.78 is 11.0. The second-order valence-corrected chi connectivity index (χ2v) is 10.0.